The Morgan fingerprint density at radius 1 is 1.46 bits per heavy atom. The number of carbonyl (C=O) groups excluding carboxylic acids is 1. The fraction of sp³-hybridized carbons (Fsp3) is 0.750. The maximum atomic E-state index is 10.9. The topological polar surface area (TPSA) is 94.8 Å². The van der Waals surface area contributed by atoms with Crippen molar-refractivity contribution in [3.05, 3.63) is 0 Å². The smallest absolute Gasteiger partial charge is 0.307 e. The predicted molar refractivity (Wildman–Crippen MR) is 41.7 cm³/mol. The highest BCUT2D eigenvalue weighted by atomic mass is 16.5. The summed E-state index contributed by atoms with van der Waals surface area (Å²) in [7, 11) is 0. The monoisotopic (exact) mass is 188 g/mol. The van der Waals surface area contributed by atoms with Gasteiger partial charge in [-0.2, -0.15) is 0 Å². The molecule has 1 rings (SSSR count). The van der Waals surface area contributed by atoms with Gasteiger partial charge in [-0.1, -0.05) is 0 Å². The lowest BCUT2D eigenvalue weighted by Crippen LogP contribution is -2.38. The highest BCUT2D eigenvalue weighted by molar-refractivity contribution is 5.88. The van der Waals surface area contributed by atoms with Crippen LogP contribution in [-0.4, -0.2) is 32.9 Å². The lowest BCUT2D eigenvalue weighted by molar-refractivity contribution is -0.198. The molecule has 0 aromatic heterocycles. The van der Waals surface area contributed by atoms with Crippen LogP contribution in [0.3, 0.4) is 0 Å². The molecule has 74 valence electrons. The molecule has 5 heteroatoms. The summed E-state index contributed by atoms with van der Waals surface area (Å²) in [5, 5.41) is 27.1. The van der Waals surface area contributed by atoms with Crippen LogP contribution < -0.4 is 0 Å². The number of aliphatic hydroxyl groups is 2. The number of hydrogen-bond donors (Lipinski definition) is 3. The Bertz CT molecular complexity index is 239. The van der Waals surface area contributed by atoms with E-state index >= 15 is 0 Å². The second kappa shape index (κ2) is 3.08. The van der Waals surface area contributed by atoms with Gasteiger partial charge >= 0.3 is 5.97 Å². The second-order valence-corrected chi connectivity index (χ2v) is 3.59. The van der Waals surface area contributed by atoms with Gasteiger partial charge in [-0.3, -0.25) is 9.59 Å². The van der Waals surface area contributed by atoms with Crippen LogP contribution in [-0.2, 0) is 9.59 Å². The number of carboxylic acids is 1. The van der Waals surface area contributed by atoms with E-state index in [9.17, 15) is 19.8 Å². The number of Topliss-reactive ketones (excluding diaryl/α,β-unsaturated/α-hetero) is 1. The Balaban J connectivity index is 2.84. The Kier molecular flexibility index (Phi) is 2.40. The fourth-order valence-corrected chi connectivity index (χ4v) is 1.69. The zero-order valence-corrected chi connectivity index (χ0v) is 7.23. The third-order valence-electron chi connectivity index (χ3n) is 2.40. The number of hydrogen-bond acceptors (Lipinski definition) is 4. The van der Waals surface area contributed by atoms with Gasteiger partial charge < -0.3 is 15.3 Å². The first kappa shape index (κ1) is 10.1. The van der Waals surface area contributed by atoms with Gasteiger partial charge in [0.05, 0.1) is 5.92 Å². The van der Waals surface area contributed by atoms with E-state index < -0.39 is 23.6 Å². The molecule has 0 heterocycles. The van der Waals surface area contributed by atoms with Crippen molar-refractivity contribution in [1.82, 2.24) is 0 Å². The molecule has 1 aliphatic carbocycles. The van der Waals surface area contributed by atoms with E-state index in [1.54, 1.807) is 0 Å². The summed E-state index contributed by atoms with van der Waals surface area (Å²) in [4.78, 5) is 21.6. The predicted octanol–water partition coefficient (Wildman–Crippen LogP) is -0.633. The van der Waals surface area contributed by atoms with Crippen LogP contribution in [0.5, 0.6) is 0 Å². The van der Waals surface area contributed by atoms with E-state index in [1.165, 1.54) is 0 Å². The van der Waals surface area contributed by atoms with Crippen LogP contribution in [0.2, 0.25) is 0 Å². The standard InChI is InChI=1S/C8H12O5/c1-8(12,13)6-3-4(9)2-5(6)7(10)11/h5-6,12-13H,2-3H2,1H3,(H,10,11)/t5-,6+/m0/s1. The number of carbonyl (C=O) groups is 2. The van der Waals surface area contributed by atoms with E-state index in [0.29, 0.717) is 0 Å². The Hall–Kier alpha value is -0.940. The first-order valence-corrected chi connectivity index (χ1v) is 4.01. The van der Waals surface area contributed by atoms with Gasteiger partial charge in [0.1, 0.15) is 5.78 Å². The van der Waals surface area contributed by atoms with E-state index in [-0.39, 0.29) is 18.6 Å². The molecular formula is C8H12O5. The molecule has 0 amide bonds. The van der Waals surface area contributed by atoms with Crippen molar-refractivity contribution in [3.63, 3.8) is 0 Å². The van der Waals surface area contributed by atoms with Gasteiger partial charge in [-0.15, -0.1) is 0 Å². The van der Waals surface area contributed by atoms with Crippen molar-refractivity contribution in [2.75, 3.05) is 0 Å². The van der Waals surface area contributed by atoms with Gasteiger partial charge in [0, 0.05) is 18.8 Å². The van der Waals surface area contributed by atoms with Gasteiger partial charge in [0.15, 0.2) is 5.79 Å². The van der Waals surface area contributed by atoms with Gasteiger partial charge in [-0.25, -0.2) is 0 Å². The van der Waals surface area contributed by atoms with Crippen LogP contribution >= 0.6 is 0 Å². The average molecular weight is 188 g/mol. The minimum atomic E-state index is -2.09. The molecule has 0 unspecified atom stereocenters. The number of aliphatic carboxylic acids is 1. The van der Waals surface area contributed by atoms with Gasteiger partial charge in [0.2, 0.25) is 0 Å². The summed E-state index contributed by atoms with van der Waals surface area (Å²) in [6.45, 7) is 1.10. The molecule has 0 aromatic rings. The molecule has 0 radical (unpaired) electrons. The molecule has 3 N–H and O–H groups in total. The number of ketones is 1. The Labute approximate surface area is 75.0 Å². The van der Waals surface area contributed by atoms with Crippen molar-refractivity contribution >= 4 is 11.8 Å². The van der Waals surface area contributed by atoms with Crippen LogP contribution in [0.4, 0.5) is 0 Å². The summed E-state index contributed by atoms with van der Waals surface area (Å²) in [6.07, 6.45) is -0.169. The SMILES string of the molecule is CC(O)(O)[C@@H]1CC(=O)C[C@@H]1C(=O)O. The zero-order chi connectivity index (χ0) is 10.2. The number of rotatable bonds is 2. The molecule has 1 aliphatic rings. The maximum absolute atomic E-state index is 10.9. The molecule has 0 bridgehead atoms. The highest BCUT2D eigenvalue weighted by Crippen LogP contribution is 2.35. The minimum Gasteiger partial charge on any atom is -0.481 e. The van der Waals surface area contributed by atoms with Crippen molar-refractivity contribution in [2.24, 2.45) is 11.8 Å². The summed E-state index contributed by atoms with van der Waals surface area (Å²) in [5.41, 5.74) is 0. The third kappa shape index (κ3) is 2.05. The van der Waals surface area contributed by atoms with E-state index in [1.807, 2.05) is 0 Å². The molecule has 13 heavy (non-hydrogen) atoms. The Morgan fingerprint density at radius 2 is 2.00 bits per heavy atom. The van der Waals surface area contributed by atoms with Gasteiger partial charge in [0.25, 0.3) is 0 Å². The molecule has 0 saturated heterocycles. The maximum Gasteiger partial charge on any atom is 0.307 e. The molecular weight excluding hydrogens is 176 g/mol. The van der Waals surface area contributed by atoms with Crippen LogP contribution in [0, 0.1) is 11.8 Å². The second-order valence-electron chi connectivity index (χ2n) is 3.59. The normalized spacial score (nSPS) is 29.3. The molecule has 0 aromatic carbocycles. The fourth-order valence-electron chi connectivity index (χ4n) is 1.69. The quantitative estimate of drug-likeness (QED) is 0.501. The van der Waals surface area contributed by atoms with Crippen LogP contribution in [0.15, 0.2) is 0 Å². The van der Waals surface area contributed by atoms with Crippen molar-refractivity contribution in [2.45, 2.75) is 25.6 Å². The summed E-state index contributed by atoms with van der Waals surface area (Å²) in [6, 6.07) is 0. The van der Waals surface area contributed by atoms with Crippen molar-refractivity contribution in [3.8, 4) is 0 Å². The van der Waals surface area contributed by atoms with Gasteiger partial charge in [-0.05, 0) is 6.92 Å². The summed E-state index contributed by atoms with van der Waals surface area (Å²) in [5.74, 6) is -5.32. The van der Waals surface area contributed by atoms with Crippen molar-refractivity contribution < 1.29 is 24.9 Å². The molecule has 1 saturated carbocycles. The molecule has 1 fully saturated rings. The van der Waals surface area contributed by atoms with Crippen LogP contribution in [0.25, 0.3) is 0 Å². The molecule has 5 nitrogen and oxygen atoms in total. The third-order valence-corrected chi connectivity index (χ3v) is 2.40. The summed E-state index contributed by atoms with van der Waals surface area (Å²) >= 11 is 0. The van der Waals surface area contributed by atoms with Crippen molar-refractivity contribution in [1.29, 1.82) is 0 Å². The Morgan fingerprint density at radius 3 is 2.31 bits per heavy atom. The molecule has 2 atom stereocenters. The largest absolute Gasteiger partial charge is 0.481 e. The first-order chi connectivity index (χ1) is 5.82. The van der Waals surface area contributed by atoms with E-state index in [0.717, 1.165) is 6.92 Å². The van der Waals surface area contributed by atoms with Crippen LogP contribution in [0.1, 0.15) is 19.8 Å². The first-order valence-electron chi connectivity index (χ1n) is 4.01. The number of carboxylic acid groups (broad SMARTS) is 1. The minimum absolute atomic E-state index is 0.0690. The molecule has 0 spiro atoms. The highest BCUT2D eigenvalue weighted by Gasteiger charge is 2.46. The lowest BCUT2D eigenvalue weighted by atomic mass is 9.89. The summed E-state index contributed by atoms with van der Waals surface area (Å²) < 4.78 is 0. The van der Waals surface area contributed by atoms with E-state index in [4.69, 9.17) is 5.11 Å². The molecule has 0 aliphatic heterocycles. The average Bonchev–Trinajstić information content (AvgIpc) is 2.29. The van der Waals surface area contributed by atoms with E-state index in [2.05, 4.69) is 0 Å². The zero-order valence-electron chi connectivity index (χ0n) is 7.23. The lowest BCUT2D eigenvalue weighted by Gasteiger charge is -2.26.